The lowest BCUT2D eigenvalue weighted by molar-refractivity contribution is 0.698. The molecule has 0 radical (unpaired) electrons. The van der Waals surface area contributed by atoms with E-state index in [1.807, 2.05) is 13.8 Å². The van der Waals surface area contributed by atoms with E-state index in [1.54, 1.807) is 12.4 Å². The van der Waals surface area contributed by atoms with Gasteiger partial charge in [0.25, 0.3) is 0 Å². The van der Waals surface area contributed by atoms with Crippen molar-refractivity contribution < 1.29 is 0 Å². The van der Waals surface area contributed by atoms with Gasteiger partial charge in [0.2, 0.25) is 0 Å². The normalized spacial score (nSPS) is 11.0. The number of pyridine rings is 1. The highest BCUT2D eigenvalue weighted by molar-refractivity contribution is 6.36. The Morgan fingerprint density at radius 3 is 2.15 bits per heavy atom. The van der Waals surface area contributed by atoms with E-state index in [2.05, 4.69) is 10.9 Å². The van der Waals surface area contributed by atoms with Gasteiger partial charge in [-0.25, -0.2) is 0 Å². The topological polar surface area (TPSA) is 12.9 Å². The molecule has 0 aromatic carbocycles. The van der Waals surface area contributed by atoms with Crippen molar-refractivity contribution in [1.29, 1.82) is 0 Å². The predicted octanol–water partition coefficient (Wildman–Crippen LogP) is 3.30. The van der Waals surface area contributed by atoms with Crippen LogP contribution in [-0.2, 0) is 5.41 Å². The zero-order valence-electron chi connectivity index (χ0n) is 7.44. The van der Waals surface area contributed by atoms with Gasteiger partial charge in [0, 0.05) is 18.0 Å². The van der Waals surface area contributed by atoms with Gasteiger partial charge < -0.3 is 0 Å². The van der Waals surface area contributed by atoms with Crippen LogP contribution in [-0.4, -0.2) is 4.98 Å². The molecule has 0 saturated carbocycles. The zero-order valence-corrected chi connectivity index (χ0v) is 8.95. The van der Waals surface area contributed by atoms with E-state index in [0.29, 0.717) is 10.0 Å². The quantitative estimate of drug-likeness (QED) is 0.653. The fourth-order valence-corrected chi connectivity index (χ4v) is 1.92. The highest BCUT2D eigenvalue weighted by Crippen LogP contribution is 2.34. The summed E-state index contributed by atoms with van der Waals surface area (Å²) in [5, 5.41) is 1.02. The van der Waals surface area contributed by atoms with Crippen molar-refractivity contribution in [2.45, 2.75) is 19.3 Å². The molecule has 0 fully saturated rings. The van der Waals surface area contributed by atoms with E-state index >= 15 is 0 Å². The van der Waals surface area contributed by atoms with Gasteiger partial charge in [-0.05, 0) is 13.8 Å². The van der Waals surface area contributed by atoms with Gasteiger partial charge >= 0.3 is 0 Å². The van der Waals surface area contributed by atoms with E-state index in [-0.39, 0.29) is 0 Å². The monoisotopic (exact) mass is 213 g/mol. The SMILES string of the molecule is C#CC(C)(C)c1c(Cl)cncc1Cl. The molecule has 0 N–H and O–H groups in total. The fraction of sp³-hybridized carbons (Fsp3) is 0.300. The van der Waals surface area contributed by atoms with Crippen LogP contribution in [0.2, 0.25) is 10.0 Å². The van der Waals surface area contributed by atoms with Crippen molar-refractivity contribution in [2.24, 2.45) is 0 Å². The minimum Gasteiger partial charge on any atom is -0.262 e. The van der Waals surface area contributed by atoms with E-state index in [1.165, 1.54) is 0 Å². The molecule has 0 saturated heterocycles. The molecular formula is C10H9Cl2N. The summed E-state index contributed by atoms with van der Waals surface area (Å²) in [7, 11) is 0. The van der Waals surface area contributed by atoms with Crippen LogP contribution in [0.1, 0.15) is 19.4 Å². The van der Waals surface area contributed by atoms with Gasteiger partial charge in [0.1, 0.15) is 0 Å². The summed E-state index contributed by atoms with van der Waals surface area (Å²) in [4.78, 5) is 3.86. The average Bonchev–Trinajstić information content (AvgIpc) is 2.03. The fourth-order valence-electron chi connectivity index (χ4n) is 1.08. The summed E-state index contributed by atoms with van der Waals surface area (Å²) in [6.07, 6.45) is 8.48. The first-order chi connectivity index (χ1) is 5.99. The maximum Gasteiger partial charge on any atom is 0.0651 e. The van der Waals surface area contributed by atoms with Crippen molar-refractivity contribution >= 4 is 23.2 Å². The summed E-state index contributed by atoms with van der Waals surface area (Å²) in [6, 6.07) is 0. The smallest absolute Gasteiger partial charge is 0.0651 e. The molecule has 0 aliphatic rings. The maximum absolute atomic E-state index is 5.95. The second-order valence-corrected chi connectivity index (χ2v) is 4.06. The molecule has 3 heteroatoms. The minimum absolute atomic E-state index is 0.461. The number of hydrogen-bond donors (Lipinski definition) is 0. The van der Waals surface area contributed by atoms with Crippen molar-refractivity contribution in [3.8, 4) is 12.3 Å². The molecule has 0 bridgehead atoms. The van der Waals surface area contributed by atoms with Crippen LogP contribution in [0.15, 0.2) is 12.4 Å². The molecule has 0 aliphatic heterocycles. The first-order valence-corrected chi connectivity index (χ1v) is 4.52. The second kappa shape index (κ2) is 3.57. The van der Waals surface area contributed by atoms with Crippen LogP contribution in [0.4, 0.5) is 0 Å². The van der Waals surface area contributed by atoms with Crippen LogP contribution in [0, 0.1) is 12.3 Å². The first kappa shape index (κ1) is 10.4. The number of hydrogen-bond acceptors (Lipinski definition) is 1. The van der Waals surface area contributed by atoms with E-state index in [4.69, 9.17) is 29.6 Å². The number of aromatic nitrogens is 1. The molecule has 0 amide bonds. The Morgan fingerprint density at radius 2 is 1.77 bits per heavy atom. The van der Waals surface area contributed by atoms with Crippen LogP contribution in [0.5, 0.6) is 0 Å². The Balaban J connectivity index is 3.38. The first-order valence-electron chi connectivity index (χ1n) is 3.76. The summed E-state index contributed by atoms with van der Waals surface area (Å²) in [6.45, 7) is 3.78. The predicted molar refractivity (Wildman–Crippen MR) is 56.1 cm³/mol. The van der Waals surface area contributed by atoms with Gasteiger partial charge in [-0.1, -0.05) is 29.1 Å². The summed E-state index contributed by atoms with van der Waals surface area (Å²) >= 11 is 11.9. The van der Waals surface area contributed by atoms with E-state index in [0.717, 1.165) is 5.56 Å². The van der Waals surface area contributed by atoms with Gasteiger partial charge in [0.15, 0.2) is 0 Å². The largest absolute Gasteiger partial charge is 0.262 e. The van der Waals surface area contributed by atoms with Crippen LogP contribution >= 0.6 is 23.2 Å². The summed E-state index contributed by atoms with van der Waals surface area (Å²) in [5.74, 6) is 2.64. The molecule has 68 valence electrons. The van der Waals surface area contributed by atoms with Crippen LogP contribution in [0.25, 0.3) is 0 Å². The Kier molecular flexibility index (Phi) is 2.85. The third-order valence-electron chi connectivity index (χ3n) is 1.84. The molecule has 0 unspecified atom stereocenters. The molecule has 0 atom stereocenters. The number of rotatable bonds is 1. The molecule has 1 aromatic heterocycles. The Morgan fingerprint density at radius 1 is 1.31 bits per heavy atom. The van der Waals surface area contributed by atoms with Crippen molar-refractivity contribution in [3.05, 3.63) is 28.0 Å². The third-order valence-corrected chi connectivity index (χ3v) is 2.41. The lowest BCUT2D eigenvalue weighted by Gasteiger charge is -2.20. The Labute approximate surface area is 88.1 Å². The summed E-state index contributed by atoms with van der Waals surface area (Å²) < 4.78 is 0. The van der Waals surface area contributed by atoms with Gasteiger partial charge in [0.05, 0.1) is 15.5 Å². The molecule has 1 rings (SSSR count). The minimum atomic E-state index is -0.461. The number of nitrogens with zero attached hydrogens (tertiary/aromatic N) is 1. The Bertz CT molecular complexity index is 343. The number of halogens is 2. The molecule has 1 nitrogen and oxygen atoms in total. The lowest BCUT2D eigenvalue weighted by atomic mass is 9.86. The molecule has 0 aliphatic carbocycles. The van der Waals surface area contributed by atoms with Crippen LogP contribution in [0.3, 0.4) is 0 Å². The van der Waals surface area contributed by atoms with Gasteiger partial charge in [-0.3, -0.25) is 4.98 Å². The van der Waals surface area contributed by atoms with Crippen molar-refractivity contribution in [3.63, 3.8) is 0 Å². The molecular weight excluding hydrogens is 205 g/mol. The average molecular weight is 214 g/mol. The zero-order chi connectivity index (χ0) is 10.1. The Hall–Kier alpha value is -0.710. The van der Waals surface area contributed by atoms with E-state index < -0.39 is 5.41 Å². The summed E-state index contributed by atoms with van der Waals surface area (Å²) in [5.41, 5.74) is 0.297. The molecule has 1 aromatic rings. The molecule has 13 heavy (non-hydrogen) atoms. The second-order valence-electron chi connectivity index (χ2n) is 3.25. The van der Waals surface area contributed by atoms with E-state index in [9.17, 15) is 0 Å². The molecule has 0 spiro atoms. The standard InChI is InChI=1S/C10H9Cl2N/c1-4-10(2,3)9-7(11)5-13-6-8(9)12/h1,5-6H,2-3H3. The third kappa shape index (κ3) is 1.96. The van der Waals surface area contributed by atoms with Gasteiger partial charge in [-0.15, -0.1) is 6.42 Å². The van der Waals surface area contributed by atoms with Crippen molar-refractivity contribution in [1.82, 2.24) is 4.98 Å². The molecule has 1 heterocycles. The van der Waals surface area contributed by atoms with Crippen LogP contribution < -0.4 is 0 Å². The maximum atomic E-state index is 5.95. The van der Waals surface area contributed by atoms with Crippen molar-refractivity contribution in [2.75, 3.05) is 0 Å². The highest BCUT2D eigenvalue weighted by Gasteiger charge is 2.23. The highest BCUT2D eigenvalue weighted by atomic mass is 35.5. The lowest BCUT2D eigenvalue weighted by Crippen LogP contribution is -2.15. The number of terminal acetylenes is 1. The van der Waals surface area contributed by atoms with Gasteiger partial charge in [-0.2, -0.15) is 0 Å².